The Morgan fingerprint density at radius 3 is 1.07 bits per heavy atom. The number of H-pyrrole nitrogens is 1. The predicted octanol–water partition coefficient (Wildman–Crippen LogP) is 11.1. The Bertz CT molecular complexity index is 5530. The molecule has 0 aliphatic heterocycles. The summed E-state index contributed by atoms with van der Waals surface area (Å²) in [5, 5.41) is 60.9. The van der Waals surface area contributed by atoms with E-state index in [0.717, 1.165) is 24.3 Å². The van der Waals surface area contributed by atoms with Crippen molar-refractivity contribution in [2.75, 3.05) is 11.9 Å². The van der Waals surface area contributed by atoms with Crippen LogP contribution in [0.1, 0.15) is 308 Å². The molecule has 0 fully saturated rings. The first-order valence-corrected chi connectivity index (χ1v) is 43.6. The number of primary amides is 1. The third-order valence-electron chi connectivity index (χ3n) is 15.6. The Balaban J connectivity index is 0. The maximum atomic E-state index is 12.9. The molecule has 9 aromatic rings. The zero-order valence-corrected chi connectivity index (χ0v) is 86.8. The molecule has 6 atom stereocenters. The van der Waals surface area contributed by atoms with E-state index < -0.39 is 158 Å². The number of nitrogens with zero attached hydrogens (tertiary/aromatic N) is 8. The van der Waals surface area contributed by atoms with Gasteiger partial charge in [-0.2, -0.15) is 31.6 Å². The fourth-order valence-corrected chi connectivity index (χ4v) is 9.83. The number of nitriles is 1. The van der Waals surface area contributed by atoms with Crippen molar-refractivity contribution >= 4 is 116 Å². The molecular formula is C88H113BrCl2F6Li2N18O27. The van der Waals surface area contributed by atoms with Gasteiger partial charge in [-0.15, -0.1) is 0 Å². The molecule has 2 aromatic carbocycles. The van der Waals surface area contributed by atoms with Gasteiger partial charge in [0.1, 0.15) is 62.6 Å². The third kappa shape index (κ3) is 53.2. The maximum Gasteiger partial charge on any atom is 1.00 e. The summed E-state index contributed by atoms with van der Waals surface area (Å²) in [6, 6.07) is 16.9. The number of rotatable bonds is 22. The number of carboxylic acid groups (broad SMARTS) is 1. The SMILES string of the molecule is CCOC(=O)c1cc([C@@H](C)NC(=O)OC(C)(C)C)on1.C[C@@H](NC(=O)OC(C)(C)C)c1cc(-c2ncc(-c3cccc(C(F)(F)F)c3)[nH]2)no1.C[C@@H](NC(=O)OC(C)(C)C)c1cc(C#N)no1.C[C@@H](NC(=O)OC(C)(C)C)c1cc(C(=N)N)no1.C[C@@H](NC(=O)OC(C)(C)C)c1cc(C(=O)[O-])no1.C[C@@H](NC(=O)OC(C)(C)C)c1cc(C(N)=O)no1.O=C(CBr)c1cccc(C(F)(F)F)c1.O=C(Cl)C(=O)Cl.[Li+].[Li+].[OH-]. The molecule has 45 nitrogen and oxygen atoms in total. The molecule has 0 aliphatic carbocycles. The normalized spacial score (nSPS) is 12.3. The molecular weight excluding hydrogens is 2020 g/mol. The number of aromatic carboxylic acids is 1. The van der Waals surface area contributed by atoms with Crippen LogP contribution < -0.4 is 86.2 Å². The number of esters is 1. The van der Waals surface area contributed by atoms with Crippen molar-refractivity contribution in [3.05, 3.63) is 171 Å². The largest absolute Gasteiger partial charge is 1.00 e. The number of nitrogens with two attached hydrogens (primary N) is 2. The van der Waals surface area contributed by atoms with Crippen molar-refractivity contribution in [1.82, 2.24) is 72.8 Å². The molecule has 0 spiro atoms. The monoisotopic (exact) mass is 2130 g/mol. The summed E-state index contributed by atoms with van der Waals surface area (Å²) in [5.41, 5.74) is 6.57. The van der Waals surface area contributed by atoms with Crippen LogP contribution in [0.2, 0.25) is 0 Å². The fraction of sp³-hybridized carbons (Fsp3) is 0.466. The number of aromatic nitrogens is 8. The minimum atomic E-state index is -4.43. The van der Waals surface area contributed by atoms with Crippen molar-refractivity contribution in [3.63, 3.8) is 0 Å². The third-order valence-corrected chi connectivity index (χ3v) is 16.5. The molecule has 56 heteroatoms. The summed E-state index contributed by atoms with van der Waals surface area (Å²) >= 11 is 11.9. The topological polar surface area (TPSA) is 679 Å². The summed E-state index contributed by atoms with van der Waals surface area (Å²) in [5.74, 6) is -0.844. The van der Waals surface area contributed by atoms with Crippen LogP contribution in [0.25, 0.3) is 22.8 Å². The number of nitrogens with one attached hydrogen (secondary N) is 8. The number of imidazole rings is 1. The van der Waals surface area contributed by atoms with Gasteiger partial charge in [0.25, 0.3) is 5.91 Å². The van der Waals surface area contributed by atoms with Crippen LogP contribution in [0, 0.1) is 16.7 Å². The molecule has 0 saturated heterocycles. The number of carbonyl (C=O) groups is 12. The Kier molecular flexibility index (Phi) is 54.5. The van der Waals surface area contributed by atoms with E-state index in [1.54, 1.807) is 185 Å². The standard InChI is InChI=1S/C20H21F3N4O3.C13H20N2O5.C11H18N4O3.C11H17N3O4.C11H15N3O3.C11H16N2O5.C9H6BrF3O.C2Cl2O2.2Li.H2O/c1-11(25-18(28)29-19(2,3)4)16-9-14(27-30-16)17-24-10-15(26-17)12-6-5-7-13(8-12)20(21,22)23;1-6-18-11(16)9-7-10(20-15-9)8(2)14-12(17)19-13(3,4)5;1-6(14-10(16)17-11(2,3)4)8-5-7(9(12)13)15-18-8;1-6(13-10(16)17-11(2,3)4)8-5-7(9(12)15)14-18-8;1-7(9-5-8(6-12)14-17-9)13-10(15)16-11(2,3)4;1-6(12-10(16)17-11(2,3)4)8-5-7(9(14)15)13-18-8;10-5-8(14)6-2-1-3-7(4-6)9(11,12)13;3-1(5)2(4)6;;;/h5-11H,1-4H3,(H,24,26)(H,25,28);7-8H,6H2,1-5H3,(H,14,17);5-6H,1-4H3,(H3,12,13)(H,14,16);5-6H,1-4H3,(H2,12,15)(H,13,16);5,7H,1-4H3,(H,13,15);5-6H,1-4H3,(H,12,16)(H,14,15);1-4H,5H2;;;;1H2/q;;;;;;;;2*+1;/p-2/t11-;8-;2*6-;7-;6-;;;;;/m111111...../s1. The predicted molar refractivity (Wildman–Crippen MR) is 492 cm³/mol. The van der Waals surface area contributed by atoms with E-state index in [2.05, 4.69) is 112 Å². The first-order valence-electron chi connectivity index (χ1n) is 41.7. The number of ether oxygens (including phenoxy) is 7. The van der Waals surface area contributed by atoms with Crippen molar-refractivity contribution in [2.24, 2.45) is 11.5 Å². The number of hydrogen-bond acceptors (Lipinski definition) is 36. The first-order chi connectivity index (χ1) is 64.6. The molecule has 0 bridgehead atoms. The van der Waals surface area contributed by atoms with Gasteiger partial charge in [-0.05, 0) is 221 Å². The second kappa shape index (κ2) is 59.1. The number of amides is 7. The van der Waals surface area contributed by atoms with Gasteiger partial charge >= 0.3 is 103 Å². The van der Waals surface area contributed by atoms with Gasteiger partial charge in [0.2, 0.25) is 0 Å². The Morgan fingerprint density at radius 1 is 0.465 bits per heavy atom. The molecule has 0 saturated carbocycles. The summed E-state index contributed by atoms with van der Waals surface area (Å²) < 4.78 is 141. The van der Waals surface area contributed by atoms with Crippen molar-refractivity contribution < 1.29 is 192 Å². The van der Waals surface area contributed by atoms with E-state index in [1.165, 1.54) is 54.7 Å². The molecule has 782 valence electrons. The van der Waals surface area contributed by atoms with Crippen LogP contribution in [-0.2, 0) is 55.1 Å². The number of alkyl halides is 7. The number of aromatic amines is 1. The Labute approximate surface area is 864 Å². The number of alkyl carbamates (subject to hydrolysis) is 6. The number of benzene rings is 2. The summed E-state index contributed by atoms with van der Waals surface area (Å²) in [6.45, 7) is 43.8. The van der Waals surface area contributed by atoms with E-state index >= 15 is 0 Å². The average Bonchev–Trinajstić information content (AvgIpc) is 1.66. The molecule has 13 N–H and O–H groups in total. The van der Waals surface area contributed by atoms with Gasteiger partial charge < -0.3 is 124 Å². The molecule has 7 aromatic heterocycles. The minimum Gasteiger partial charge on any atom is -0.870 e. The molecule has 0 aliphatic rings. The van der Waals surface area contributed by atoms with Gasteiger partial charge in [-0.25, -0.2) is 38.5 Å². The number of ketones is 1. The number of carboxylic acids is 1. The second-order valence-corrected chi connectivity index (χ2v) is 36.4. The summed E-state index contributed by atoms with van der Waals surface area (Å²) in [7, 11) is 0. The van der Waals surface area contributed by atoms with Gasteiger partial charge in [0.15, 0.2) is 63.3 Å². The van der Waals surface area contributed by atoms with Gasteiger partial charge in [-0.1, -0.05) is 71.1 Å². The maximum absolute atomic E-state index is 12.9. The van der Waals surface area contributed by atoms with Crippen LogP contribution >= 0.6 is 39.1 Å². The fourth-order valence-electron chi connectivity index (χ4n) is 9.51. The molecule has 7 heterocycles. The number of halogens is 9. The number of nitrogen functional groups attached to an aromatic ring is 1. The quantitative estimate of drug-likeness (QED) is 0.00288. The molecule has 0 unspecified atom stereocenters. The Hall–Kier alpha value is -13.3. The van der Waals surface area contributed by atoms with Crippen LogP contribution in [0.5, 0.6) is 0 Å². The van der Waals surface area contributed by atoms with Crippen molar-refractivity contribution in [3.8, 4) is 28.8 Å². The average molecular weight is 2130 g/mol. The zero-order chi connectivity index (χ0) is 108. The van der Waals surface area contributed by atoms with E-state index in [0.29, 0.717) is 51.6 Å². The zero-order valence-electron chi connectivity index (χ0n) is 83.7. The molecule has 9 rings (SSSR count). The van der Waals surface area contributed by atoms with E-state index in [-0.39, 0.29) is 107 Å². The number of amidine groups is 1. The number of hydrogen-bond donors (Lipinski definition) is 10. The number of carbonyl (C=O) groups excluding carboxylic acids is 12. The van der Waals surface area contributed by atoms with Crippen molar-refractivity contribution in [2.45, 2.75) is 255 Å². The molecule has 144 heavy (non-hydrogen) atoms. The van der Waals surface area contributed by atoms with Crippen LogP contribution in [0.15, 0.2) is 118 Å². The minimum absolute atomic E-state index is 0. The van der Waals surface area contributed by atoms with E-state index in [9.17, 15) is 89.0 Å². The van der Waals surface area contributed by atoms with Gasteiger partial charge in [0.05, 0.1) is 77.2 Å². The van der Waals surface area contributed by atoms with E-state index in [4.69, 9.17) is 82.4 Å². The summed E-state index contributed by atoms with van der Waals surface area (Å²) in [6.07, 6.45) is -10.9. The van der Waals surface area contributed by atoms with Crippen LogP contribution in [-0.4, -0.2) is 168 Å². The smallest absolute Gasteiger partial charge is 0.870 e. The van der Waals surface area contributed by atoms with E-state index in [1.807, 2.05) is 6.07 Å². The number of Topliss-reactive ketones (excluding diaryl/α,β-unsaturated/α-hetero) is 1. The van der Waals surface area contributed by atoms with Gasteiger partial charge in [0, 0.05) is 47.5 Å². The van der Waals surface area contributed by atoms with Gasteiger partial charge in [-0.3, -0.25) is 24.6 Å². The second-order valence-electron chi connectivity index (χ2n) is 35.2. The van der Waals surface area contributed by atoms with Crippen molar-refractivity contribution in [1.29, 1.82) is 10.7 Å². The van der Waals surface area contributed by atoms with Crippen LogP contribution in [0.3, 0.4) is 0 Å². The first kappa shape index (κ1) is 133. The van der Waals surface area contributed by atoms with Crippen LogP contribution in [0.4, 0.5) is 55.1 Å². The Morgan fingerprint density at radius 2 is 0.771 bits per heavy atom. The molecule has 7 amide bonds. The molecule has 0 radical (unpaired) electrons. The summed E-state index contributed by atoms with van der Waals surface area (Å²) in [4.78, 5) is 139.